The Bertz CT molecular complexity index is 1000. The topological polar surface area (TPSA) is 82.6 Å². The summed E-state index contributed by atoms with van der Waals surface area (Å²) in [6, 6.07) is 9.49. The first kappa shape index (κ1) is 18.9. The molecule has 1 aliphatic heterocycles. The fraction of sp³-hybridized carbons (Fsp3) is 0.429. The van der Waals surface area contributed by atoms with E-state index in [1.54, 1.807) is 6.07 Å². The molecular formula is C21H23NO5S. The third-order valence-corrected chi connectivity index (χ3v) is 7.13. The molecule has 2 aromatic rings. The summed E-state index contributed by atoms with van der Waals surface area (Å²) < 4.78 is 34.0. The Morgan fingerprint density at radius 3 is 2.61 bits per heavy atom. The molecule has 4 rings (SSSR count). The van der Waals surface area contributed by atoms with E-state index in [1.807, 2.05) is 24.3 Å². The lowest BCUT2D eigenvalue weighted by molar-refractivity contribution is 0.0600. The number of carbonyl (C=O) groups is 1. The fourth-order valence-corrected chi connectivity index (χ4v) is 5.32. The molecule has 0 amide bonds. The van der Waals surface area contributed by atoms with Gasteiger partial charge >= 0.3 is 5.97 Å². The SMILES string of the molecule is COC(=O)c1ccc2c(c1)-c1ccc(OC3CCS(=O)(=O)CC3)nc1CCC2. The lowest BCUT2D eigenvalue weighted by atomic mass is 9.96. The van der Waals surface area contributed by atoms with E-state index in [0.29, 0.717) is 24.3 Å². The number of carbonyl (C=O) groups excluding carboxylic acids is 1. The quantitative estimate of drug-likeness (QED) is 0.736. The Hall–Kier alpha value is -2.41. The van der Waals surface area contributed by atoms with Crippen LogP contribution in [-0.2, 0) is 27.4 Å². The number of nitrogens with zero attached hydrogens (tertiary/aromatic N) is 1. The van der Waals surface area contributed by atoms with Crippen LogP contribution in [0.5, 0.6) is 5.88 Å². The largest absolute Gasteiger partial charge is 0.474 e. The summed E-state index contributed by atoms with van der Waals surface area (Å²) in [4.78, 5) is 16.6. The highest BCUT2D eigenvalue weighted by Crippen LogP contribution is 2.34. The minimum absolute atomic E-state index is 0.113. The van der Waals surface area contributed by atoms with Crippen molar-refractivity contribution < 1.29 is 22.7 Å². The summed E-state index contributed by atoms with van der Waals surface area (Å²) >= 11 is 0. The number of esters is 1. The van der Waals surface area contributed by atoms with Gasteiger partial charge in [-0.1, -0.05) is 6.07 Å². The van der Waals surface area contributed by atoms with Crippen LogP contribution in [0.3, 0.4) is 0 Å². The van der Waals surface area contributed by atoms with Crippen molar-refractivity contribution in [3.63, 3.8) is 0 Å². The number of aromatic nitrogens is 1. The van der Waals surface area contributed by atoms with Gasteiger partial charge in [0.1, 0.15) is 6.10 Å². The number of rotatable bonds is 3. The predicted molar refractivity (Wildman–Crippen MR) is 105 cm³/mol. The summed E-state index contributed by atoms with van der Waals surface area (Å²) in [6.07, 6.45) is 3.62. The van der Waals surface area contributed by atoms with Crippen molar-refractivity contribution in [2.75, 3.05) is 18.6 Å². The number of hydrogen-bond donors (Lipinski definition) is 0. The molecule has 1 aromatic heterocycles. The summed E-state index contributed by atoms with van der Waals surface area (Å²) in [6.45, 7) is 0. The van der Waals surface area contributed by atoms with Crippen molar-refractivity contribution in [2.24, 2.45) is 0 Å². The van der Waals surface area contributed by atoms with E-state index in [9.17, 15) is 13.2 Å². The minimum atomic E-state index is -2.91. The standard InChI is InChI=1S/C21H23NO5S/c1-26-21(23)15-6-5-14-3-2-4-19-17(18(14)13-15)7-8-20(22-19)27-16-9-11-28(24,25)12-10-16/h5-8,13,16H,2-4,9-12H2,1H3. The zero-order valence-electron chi connectivity index (χ0n) is 15.8. The third-order valence-electron chi connectivity index (χ3n) is 5.42. The lowest BCUT2D eigenvalue weighted by Crippen LogP contribution is -2.30. The van der Waals surface area contributed by atoms with Crippen molar-refractivity contribution in [3.05, 3.63) is 47.2 Å². The Kier molecular flexibility index (Phi) is 5.10. The van der Waals surface area contributed by atoms with Gasteiger partial charge in [-0.05, 0) is 61.4 Å². The molecule has 0 N–H and O–H groups in total. The van der Waals surface area contributed by atoms with Crippen molar-refractivity contribution in [2.45, 2.75) is 38.2 Å². The number of pyridine rings is 1. The average molecular weight is 401 g/mol. The zero-order chi connectivity index (χ0) is 19.7. The van der Waals surface area contributed by atoms with Crippen LogP contribution >= 0.6 is 0 Å². The van der Waals surface area contributed by atoms with Crippen molar-refractivity contribution >= 4 is 15.8 Å². The normalized spacial score (nSPS) is 18.5. The van der Waals surface area contributed by atoms with Crippen molar-refractivity contribution in [3.8, 4) is 17.0 Å². The van der Waals surface area contributed by atoms with E-state index < -0.39 is 9.84 Å². The maximum absolute atomic E-state index is 11.9. The molecule has 0 saturated carbocycles. The Morgan fingerprint density at radius 2 is 1.86 bits per heavy atom. The summed E-state index contributed by atoms with van der Waals surface area (Å²) in [7, 11) is -1.53. The van der Waals surface area contributed by atoms with Gasteiger partial charge in [0.25, 0.3) is 0 Å². The van der Waals surface area contributed by atoms with Gasteiger partial charge in [0.05, 0.1) is 29.9 Å². The van der Waals surface area contributed by atoms with Crippen LogP contribution in [0.2, 0.25) is 0 Å². The highest BCUT2D eigenvalue weighted by atomic mass is 32.2. The molecule has 0 spiro atoms. The van der Waals surface area contributed by atoms with Crippen molar-refractivity contribution in [1.82, 2.24) is 4.98 Å². The maximum Gasteiger partial charge on any atom is 0.337 e. The number of methoxy groups -OCH3 is 1. The van der Waals surface area contributed by atoms with Gasteiger partial charge < -0.3 is 9.47 Å². The summed E-state index contributed by atoms with van der Waals surface area (Å²) in [5, 5.41) is 0. The zero-order valence-corrected chi connectivity index (χ0v) is 16.6. The predicted octanol–water partition coefficient (Wildman–Crippen LogP) is 2.98. The van der Waals surface area contributed by atoms with Crippen molar-refractivity contribution in [1.29, 1.82) is 0 Å². The van der Waals surface area contributed by atoms with Gasteiger partial charge in [-0.25, -0.2) is 18.2 Å². The molecule has 1 aliphatic carbocycles. The Labute approximate surface area is 164 Å². The number of benzene rings is 1. The van der Waals surface area contributed by atoms with Crippen LogP contribution in [0, 0.1) is 0 Å². The highest BCUT2D eigenvalue weighted by Gasteiger charge is 2.26. The first-order valence-electron chi connectivity index (χ1n) is 9.54. The number of sulfone groups is 1. The molecule has 0 bridgehead atoms. The molecule has 0 unspecified atom stereocenters. The number of fused-ring (bicyclic) bond motifs is 3. The van der Waals surface area contributed by atoms with Gasteiger partial charge in [0, 0.05) is 11.6 Å². The average Bonchev–Trinajstić information content (AvgIpc) is 2.87. The van der Waals surface area contributed by atoms with E-state index in [1.165, 1.54) is 12.7 Å². The van der Waals surface area contributed by atoms with E-state index in [0.717, 1.165) is 36.1 Å². The van der Waals surface area contributed by atoms with E-state index in [-0.39, 0.29) is 23.6 Å². The monoisotopic (exact) mass is 401 g/mol. The fourth-order valence-electron chi connectivity index (χ4n) is 3.88. The van der Waals surface area contributed by atoms with Crippen LogP contribution < -0.4 is 4.74 Å². The molecule has 1 aromatic carbocycles. The third kappa shape index (κ3) is 3.90. The summed E-state index contributed by atoms with van der Waals surface area (Å²) in [5.41, 5.74) is 4.69. The number of aryl methyl sites for hydroxylation is 2. The van der Waals surface area contributed by atoms with Gasteiger partial charge in [-0.15, -0.1) is 0 Å². The van der Waals surface area contributed by atoms with Gasteiger partial charge in [-0.3, -0.25) is 0 Å². The second-order valence-corrected chi connectivity index (χ2v) is 9.63. The first-order valence-corrected chi connectivity index (χ1v) is 11.4. The molecule has 0 radical (unpaired) electrons. The molecule has 28 heavy (non-hydrogen) atoms. The maximum atomic E-state index is 11.9. The van der Waals surface area contributed by atoms with E-state index in [4.69, 9.17) is 14.5 Å². The molecule has 2 aliphatic rings. The number of hydrogen-bond acceptors (Lipinski definition) is 6. The second kappa shape index (κ2) is 7.54. The van der Waals surface area contributed by atoms with E-state index in [2.05, 4.69) is 0 Å². The molecule has 1 saturated heterocycles. The molecule has 7 heteroatoms. The lowest BCUT2D eigenvalue weighted by Gasteiger charge is -2.23. The van der Waals surface area contributed by atoms with Crippen LogP contribution in [0.4, 0.5) is 0 Å². The smallest absolute Gasteiger partial charge is 0.337 e. The number of ether oxygens (including phenoxy) is 2. The van der Waals surface area contributed by atoms with Crippen LogP contribution in [0.25, 0.3) is 11.1 Å². The van der Waals surface area contributed by atoms with Crippen LogP contribution in [-0.4, -0.2) is 44.1 Å². The molecule has 1 fully saturated rings. The highest BCUT2D eigenvalue weighted by molar-refractivity contribution is 7.91. The van der Waals surface area contributed by atoms with Gasteiger partial charge in [0.2, 0.25) is 5.88 Å². The molecule has 148 valence electrons. The van der Waals surface area contributed by atoms with Crippen LogP contribution in [0.15, 0.2) is 30.3 Å². The Morgan fingerprint density at radius 1 is 1.07 bits per heavy atom. The molecule has 6 nitrogen and oxygen atoms in total. The minimum Gasteiger partial charge on any atom is -0.474 e. The second-order valence-electron chi connectivity index (χ2n) is 7.33. The first-order chi connectivity index (χ1) is 13.4. The molecular weight excluding hydrogens is 378 g/mol. The van der Waals surface area contributed by atoms with Crippen LogP contribution in [0.1, 0.15) is 40.9 Å². The van der Waals surface area contributed by atoms with Gasteiger partial charge in [-0.2, -0.15) is 0 Å². The van der Waals surface area contributed by atoms with E-state index >= 15 is 0 Å². The molecule has 0 atom stereocenters. The summed E-state index contributed by atoms with van der Waals surface area (Å²) in [5.74, 6) is 0.530. The Balaban J connectivity index is 1.61. The van der Waals surface area contributed by atoms with Gasteiger partial charge in [0.15, 0.2) is 9.84 Å². The molecule has 2 heterocycles.